The molecule has 0 radical (unpaired) electrons. The Hall–Kier alpha value is -2.19. The zero-order valence-corrected chi connectivity index (χ0v) is 15.3. The molecule has 4 rings (SSSR count). The van der Waals surface area contributed by atoms with Gasteiger partial charge in [-0.05, 0) is 18.4 Å². The number of amides is 1. The van der Waals surface area contributed by atoms with Crippen molar-refractivity contribution >= 4 is 21.7 Å². The lowest BCUT2D eigenvalue weighted by Crippen LogP contribution is -2.27. The fourth-order valence-corrected chi connectivity index (χ4v) is 5.14. The van der Waals surface area contributed by atoms with Crippen molar-refractivity contribution in [3.05, 3.63) is 47.2 Å². The second-order valence-electron chi connectivity index (χ2n) is 7.01. The fraction of sp³-hybridized carbons (Fsp3) is 0.444. The molecule has 0 bridgehead atoms. The number of hydrogen-bond acceptors (Lipinski definition) is 4. The zero-order chi connectivity index (χ0) is 18.1. The van der Waals surface area contributed by atoms with Gasteiger partial charge in [-0.3, -0.25) is 9.89 Å². The summed E-state index contributed by atoms with van der Waals surface area (Å²) in [5.74, 6) is 0.466. The number of anilines is 1. The maximum absolute atomic E-state index is 12.7. The van der Waals surface area contributed by atoms with E-state index in [0.717, 1.165) is 42.5 Å². The predicted molar refractivity (Wildman–Crippen MR) is 97.5 cm³/mol. The molecule has 0 spiro atoms. The van der Waals surface area contributed by atoms with E-state index in [1.165, 1.54) is 4.31 Å². The Morgan fingerprint density at radius 2 is 1.92 bits per heavy atom. The lowest BCUT2D eigenvalue weighted by molar-refractivity contribution is -0.119. The molecule has 1 aliphatic carbocycles. The van der Waals surface area contributed by atoms with Gasteiger partial charge >= 0.3 is 0 Å². The second-order valence-corrected chi connectivity index (χ2v) is 8.98. The molecular weight excluding hydrogens is 352 g/mol. The van der Waals surface area contributed by atoms with Crippen LogP contribution in [0.1, 0.15) is 42.5 Å². The van der Waals surface area contributed by atoms with Crippen LogP contribution in [0.5, 0.6) is 0 Å². The highest BCUT2D eigenvalue weighted by Crippen LogP contribution is 2.31. The number of nitrogens with zero attached hydrogens (tertiary/aromatic N) is 2. The van der Waals surface area contributed by atoms with E-state index in [2.05, 4.69) is 15.5 Å². The first-order chi connectivity index (χ1) is 12.5. The highest BCUT2D eigenvalue weighted by molar-refractivity contribution is 7.88. The number of hydrogen-bond donors (Lipinski definition) is 2. The van der Waals surface area contributed by atoms with Crippen LogP contribution >= 0.6 is 0 Å². The van der Waals surface area contributed by atoms with Crippen LogP contribution in [0.25, 0.3) is 0 Å². The maximum Gasteiger partial charge on any atom is 0.228 e. The average molecular weight is 374 g/mol. The number of aromatic amines is 1. The minimum absolute atomic E-state index is 0.0117. The summed E-state index contributed by atoms with van der Waals surface area (Å²) in [6, 6.07) is 9.14. The van der Waals surface area contributed by atoms with Gasteiger partial charge in [0.25, 0.3) is 0 Å². The van der Waals surface area contributed by atoms with Gasteiger partial charge in [0.2, 0.25) is 15.9 Å². The Morgan fingerprint density at radius 3 is 2.65 bits per heavy atom. The van der Waals surface area contributed by atoms with Crippen LogP contribution in [0.15, 0.2) is 30.3 Å². The molecule has 0 atom stereocenters. The molecule has 0 saturated heterocycles. The number of sulfonamides is 1. The van der Waals surface area contributed by atoms with Crippen LogP contribution in [0.4, 0.5) is 5.82 Å². The van der Waals surface area contributed by atoms with E-state index in [1.54, 1.807) is 0 Å². The Kier molecular flexibility index (Phi) is 4.54. The van der Waals surface area contributed by atoms with Crippen LogP contribution in [0.3, 0.4) is 0 Å². The van der Waals surface area contributed by atoms with Crippen molar-refractivity contribution < 1.29 is 13.2 Å². The molecule has 1 aliphatic heterocycles. The number of benzene rings is 1. The van der Waals surface area contributed by atoms with Gasteiger partial charge in [-0.25, -0.2) is 8.42 Å². The summed E-state index contributed by atoms with van der Waals surface area (Å²) in [4.78, 5) is 12.3. The molecule has 2 heterocycles. The molecule has 0 unspecified atom stereocenters. The molecule has 26 heavy (non-hydrogen) atoms. The SMILES string of the molecule is O=C(Nc1n[nH]c2c1CN(S(=O)(=O)Cc1ccccc1)C2)C1CCCC1. The van der Waals surface area contributed by atoms with Gasteiger partial charge in [0.15, 0.2) is 5.82 Å². The smallest absolute Gasteiger partial charge is 0.228 e. The largest absolute Gasteiger partial charge is 0.309 e. The van der Waals surface area contributed by atoms with Gasteiger partial charge in [0.05, 0.1) is 18.0 Å². The Morgan fingerprint density at radius 1 is 1.19 bits per heavy atom. The zero-order valence-electron chi connectivity index (χ0n) is 14.4. The standard InChI is InChI=1S/C18H22N4O3S/c23-18(14-8-4-5-9-14)19-17-15-10-22(11-16(15)20-21-17)26(24,25)12-13-6-2-1-3-7-13/h1-3,6-7,14H,4-5,8-12H2,(H2,19,20,21,23). The van der Waals surface area contributed by atoms with E-state index >= 15 is 0 Å². The average Bonchev–Trinajstić information content (AvgIpc) is 3.34. The van der Waals surface area contributed by atoms with Gasteiger partial charge in [0.1, 0.15) is 0 Å². The van der Waals surface area contributed by atoms with Crippen molar-refractivity contribution in [1.82, 2.24) is 14.5 Å². The van der Waals surface area contributed by atoms with E-state index in [4.69, 9.17) is 0 Å². The molecular formula is C18H22N4O3S. The predicted octanol–water partition coefficient (Wildman–Crippen LogP) is 2.38. The van der Waals surface area contributed by atoms with Crippen LogP contribution in [0, 0.1) is 5.92 Å². The Balaban J connectivity index is 1.46. The van der Waals surface area contributed by atoms with E-state index < -0.39 is 10.0 Å². The molecule has 1 aromatic carbocycles. The quantitative estimate of drug-likeness (QED) is 0.840. The number of fused-ring (bicyclic) bond motifs is 1. The first-order valence-electron chi connectivity index (χ1n) is 8.91. The lowest BCUT2D eigenvalue weighted by Gasteiger charge is -2.16. The third-order valence-corrected chi connectivity index (χ3v) is 6.92. The van der Waals surface area contributed by atoms with Crippen molar-refractivity contribution in [3.63, 3.8) is 0 Å². The van der Waals surface area contributed by atoms with Gasteiger partial charge in [-0.2, -0.15) is 9.40 Å². The maximum atomic E-state index is 12.7. The van der Waals surface area contributed by atoms with Crippen molar-refractivity contribution in [2.45, 2.75) is 44.5 Å². The number of carbonyl (C=O) groups is 1. The third-order valence-electron chi connectivity index (χ3n) is 5.17. The normalized spacial score (nSPS) is 18.2. The summed E-state index contributed by atoms with van der Waals surface area (Å²) in [7, 11) is -3.44. The summed E-state index contributed by atoms with van der Waals surface area (Å²) in [5.41, 5.74) is 2.28. The molecule has 8 heteroatoms. The third kappa shape index (κ3) is 3.39. The van der Waals surface area contributed by atoms with E-state index in [0.29, 0.717) is 5.82 Å². The Bertz CT molecular complexity index is 902. The highest BCUT2D eigenvalue weighted by atomic mass is 32.2. The molecule has 1 fully saturated rings. The monoisotopic (exact) mass is 374 g/mol. The van der Waals surface area contributed by atoms with Crippen LogP contribution in [-0.4, -0.2) is 28.8 Å². The summed E-state index contributed by atoms with van der Waals surface area (Å²) < 4.78 is 26.9. The number of nitrogens with one attached hydrogen (secondary N) is 2. The molecule has 2 aliphatic rings. The fourth-order valence-electron chi connectivity index (χ4n) is 3.69. The van der Waals surface area contributed by atoms with Gasteiger partial charge in [-0.1, -0.05) is 43.2 Å². The topological polar surface area (TPSA) is 95.2 Å². The summed E-state index contributed by atoms with van der Waals surface area (Å²) in [6.45, 7) is 0.498. The molecule has 2 aromatic rings. The van der Waals surface area contributed by atoms with Crippen molar-refractivity contribution in [3.8, 4) is 0 Å². The van der Waals surface area contributed by atoms with Gasteiger partial charge in [-0.15, -0.1) is 0 Å². The van der Waals surface area contributed by atoms with Crippen molar-refractivity contribution in [2.24, 2.45) is 5.92 Å². The van der Waals surface area contributed by atoms with Gasteiger partial charge in [0, 0.05) is 18.0 Å². The number of carbonyl (C=O) groups excluding carboxylic acids is 1. The first kappa shape index (κ1) is 17.2. The van der Waals surface area contributed by atoms with Crippen molar-refractivity contribution in [1.29, 1.82) is 0 Å². The first-order valence-corrected chi connectivity index (χ1v) is 10.5. The van der Waals surface area contributed by atoms with E-state index in [-0.39, 0.29) is 30.7 Å². The molecule has 2 N–H and O–H groups in total. The summed E-state index contributed by atoms with van der Waals surface area (Å²) >= 11 is 0. The van der Waals surface area contributed by atoms with Crippen LogP contribution in [-0.2, 0) is 33.7 Å². The molecule has 1 amide bonds. The Labute approximate surface area is 152 Å². The molecule has 138 valence electrons. The molecule has 1 saturated carbocycles. The van der Waals surface area contributed by atoms with Crippen LogP contribution in [0.2, 0.25) is 0 Å². The molecule has 1 aromatic heterocycles. The van der Waals surface area contributed by atoms with Crippen molar-refractivity contribution in [2.75, 3.05) is 5.32 Å². The second kappa shape index (κ2) is 6.85. The summed E-state index contributed by atoms with van der Waals surface area (Å²) in [5, 5.41) is 9.93. The van der Waals surface area contributed by atoms with Crippen LogP contribution < -0.4 is 5.32 Å². The lowest BCUT2D eigenvalue weighted by atomic mass is 10.1. The minimum Gasteiger partial charge on any atom is -0.309 e. The highest BCUT2D eigenvalue weighted by Gasteiger charge is 2.34. The van der Waals surface area contributed by atoms with E-state index in [1.807, 2.05) is 30.3 Å². The summed E-state index contributed by atoms with van der Waals surface area (Å²) in [6.07, 6.45) is 4.00. The van der Waals surface area contributed by atoms with E-state index in [9.17, 15) is 13.2 Å². The van der Waals surface area contributed by atoms with Gasteiger partial charge < -0.3 is 5.32 Å². The minimum atomic E-state index is -3.44. The number of H-pyrrole nitrogens is 1. The number of aromatic nitrogens is 2. The number of rotatable bonds is 5. The molecule has 7 nitrogen and oxygen atoms in total.